The summed E-state index contributed by atoms with van der Waals surface area (Å²) >= 11 is 0. The maximum Gasteiger partial charge on any atom is 0.401 e. The molecule has 0 radical (unpaired) electrons. The van der Waals surface area contributed by atoms with Gasteiger partial charge in [0, 0.05) is 26.2 Å². The van der Waals surface area contributed by atoms with Gasteiger partial charge in [0.25, 0.3) is 0 Å². The van der Waals surface area contributed by atoms with E-state index < -0.39 is 18.5 Å². The van der Waals surface area contributed by atoms with Gasteiger partial charge in [-0.25, -0.2) is 4.39 Å². The van der Waals surface area contributed by atoms with Crippen LogP contribution in [-0.2, 0) is 0 Å². The van der Waals surface area contributed by atoms with E-state index in [0.717, 1.165) is 0 Å². The fourth-order valence-corrected chi connectivity index (χ4v) is 2.19. The Kier molecular flexibility index (Phi) is 3.84. The first-order valence-electron chi connectivity index (χ1n) is 5.94. The van der Waals surface area contributed by atoms with E-state index in [2.05, 4.69) is 0 Å². The quantitative estimate of drug-likeness (QED) is 0.663. The summed E-state index contributed by atoms with van der Waals surface area (Å²) in [6, 6.07) is 4.04. The molecule has 106 valence electrons. The van der Waals surface area contributed by atoms with Crippen molar-refractivity contribution in [2.45, 2.75) is 6.18 Å². The number of halogens is 4. The molecule has 1 aromatic carbocycles. The number of nitrogens with zero attached hydrogens (tertiary/aromatic N) is 2. The number of alkyl halides is 3. The Labute approximate surface area is 108 Å². The van der Waals surface area contributed by atoms with Crippen LogP contribution in [0, 0.1) is 5.82 Å². The largest absolute Gasteiger partial charge is 0.401 e. The van der Waals surface area contributed by atoms with Crippen molar-refractivity contribution in [2.24, 2.45) is 0 Å². The lowest BCUT2D eigenvalue weighted by molar-refractivity contribution is -0.146. The van der Waals surface area contributed by atoms with E-state index in [-0.39, 0.29) is 13.1 Å². The molecule has 2 rings (SSSR count). The topological polar surface area (TPSA) is 32.5 Å². The Morgan fingerprint density at radius 3 is 2.32 bits per heavy atom. The number of nitrogens with two attached hydrogens (primary N) is 1. The molecule has 1 heterocycles. The van der Waals surface area contributed by atoms with Gasteiger partial charge in [-0.1, -0.05) is 0 Å². The zero-order valence-electron chi connectivity index (χ0n) is 10.3. The van der Waals surface area contributed by atoms with Crippen LogP contribution in [0.15, 0.2) is 18.2 Å². The van der Waals surface area contributed by atoms with E-state index in [0.29, 0.717) is 24.5 Å². The van der Waals surface area contributed by atoms with Crippen LogP contribution in [0.5, 0.6) is 0 Å². The van der Waals surface area contributed by atoms with Crippen LogP contribution in [-0.4, -0.2) is 43.8 Å². The van der Waals surface area contributed by atoms with Gasteiger partial charge in [0.05, 0.1) is 17.9 Å². The first-order valence-corrected chi connectivity index (χ1v) is 5.94. The van der Waals surface area contributed by atoms with Gasteiger partial charge in [0.15, 0.2) is 0 Å². The molecule has 3 nitrogen and oxygen atoms in total. The van der Waals surface area contributed by atoms with Crippen LogP contribution in [0.4, 0.5) is 28.9 Å². The average molecular weight is 277 g/mol. The molecular weight excluding hydrogens is 262 g/mol. The molecule has 0 atom stereocenters. The van der Waals surface area contributed by atoms with E-state index in [9.17, 15) is 17.6 Å². The highest BCUT2D eigenvalue weighted by Crippen LogP contribution is 2.26. The monoisotopic (exact) mass is 277 g/mol. The standard InChI is InChI=1S/C12H15F4N3/c13-9-1-2-10(17)11(7-9)19-5-3-18(4-6-19)8-12(14,15)16/h1-2,7H,3-6,8,17H2. The molecule has 0 saturated carbocycles. The molecule has 7 heteroatoms. The number of hydrogen-bond donors (Lipinski definition) is 1. The van der Waals surface area contributed by atoms with Gasteiger partial charge in [-0.15, -0.1) is 0 Å². The van der Waals surface area contributed by atoms with Gasteiger partial charge < -0.3 is 10.6 Å². The molecule has 1 saturated heterocycles. The molecule has 0 spiro atoms. The molecule has 0 unspecified atom stereocenters. The van der Waals surface area contributed by atoms with Crippen molar-refractivity contribution in [2.75, 3.05) is 43.4 Å². The van der Waals surface area contributed by atoms with Crippen molar-refractivity contribution in [3.05, 3.63) is 24.0 Å². The Hall–Kier alpha value is -1.50. The predicted octanol–water partition coefficient (Wildman–Crippen LogP) is 2.09. The SMILES string of the molecule is Nc1ccc(F)cc1N1CCN(CC(F)(F)F)CC1. The van der Waals surface area contributed by atoms with E-state index in [4.69, 9.17) is 5.73 Å². The van der Waals surface area contributed by atoms with Crippen molar-refractivity contribution in [1.82, 2.24) is 4.90 Å². The fourth-order valence-electron chi connectivity index (χ4n) is 2.19. The first-order chi connectivity index (χ1) is 8.85. The molecule has 2 N–H and O–H groups in total. The number of anilines is 2. The maximum absolute atomic E-state index is 13.2. The van der Waals surface area contributed by atoms with E-state index in [1.54, 1.807) is 0 Å². The highest BCUT2D eigenvalue weighted by Gasteiger charge is 2.32. The summed E-state index contributed by atoms with van der Waals surface area (Å²) in [4.78, 5) is 3.15. The van der Waals surface area contributed by atoms with Crippen LogP contribution >= 0.6 is 0 Å². The molecule has 0 amide bonds. The summed E-state index contributed by atoms with van der Waals surface area (Å²) < 4.78 is 49.9. The lowest BCUT2D eigenvalue weighted by atomic mass is 10.2. The van der Waals surface area contributed by atoms with Crippen LogP contribution in [0.3, 0.4) is 0 Å². The molecule has 1 aliphatic rings. The van der Waals surface area contributed by atoms with E-state index in [1.807, 2.05) is 4.90 Å². The second-order valence-corrected chi connectivity index (χ2v) is 4.58. The second kappa shape index (κ2) is 5.24. The minimum Gasteiger partial charge on any atom is -0.397 e. The van der Waals surface area contributed by atoms with Gasteiger partial charge in [-0.05, 0) is 18.2 Å². The van der Waals surface area contributed by atoms with Crippen molar-refractivity contribution in [1.29, 1.82) is 0 Å². The van der Waals surface area contributed by atoms with Gasteiger partial charge in [0.1, 0.15) is 5.82 Å². The number of piperazine rings is 1. The molecule has 0 bridgehead atoms. The number of nitrogen functional groups attached to an aromatic ring is 1. The predicted molar refractivity (Wildman–Crippen MR) is 65.5 cm³/mol. The second-order valence-electron chi connectivity index (χ2n) is 4.58. The Balaban J connectivity index is 1.98. The summed E-state index contributed by atoms with van der Waals surface area (Å²) in [7, 11) is 0. The number of benzene rings is 1. The summed E-state index contributed by atoms with van der Waals surface area (Å²) in [5, 5.41) is 0. The van der Waals surface area contributed by atoms with Crippen molar-refractivity contribution in [3.8, 4) is 0 Å². The summed E-state index contributed by atoms with van der Waals surface area (Å²) in [6.07, 6.45) is -4.18. The minimum absolute atomic E-state index is 0.287. The lowest BCUT2D eigenvalue weighted by Gasteiger charge is -2.36. The van der Waals surface area contributed by atoms with Crippen molar-refractivity contribution < 1.29 is 17.6 Å². The Morgan fingerprint density at radius 2 is 1.74 bits per heavy atom. The van der Waals surface area contributed by atoms with Crippen molar-refractivity contribution >= 4 is 11.4 Å². The van der Waals surface area contributed by atoms with Gasteiger partial charge in [0.2, 0.25) is 0 Å². The fraction of sp³-hybridized carbons (Fsp3) is 0.500. The van der Waals surface area contributed by atoms with Crippen LogP contribution < -0.4 is 10.6 Å². The molecule has 1 aliphatic heterocycles. The first kappa shape index (κ1) is 13.9. The normalized spacial score (nSPS) is 17.8. The smallest absolute Gasteiger partial charge is 0.397 e. The summed E-state index contributed by atoms with van der Waals surface area (Å²) in [6.45, 7) is 0.484. The highest BCUT2D eigenvalue weighted by molar-refractivity contribution is 5.67. The molecule has 0 aromatic heterocycles. The van der Waals surface area contributed by atoms with Crippen molar-refractivity contribution in [3.63, 3.8) is 0 Å². The molecule has 19 heavy (non-hydrogen) atoms. The molecular formula is C12H15F4N3. The molecule has 0 aliphatic carbocycles. The van der Waals surface area contributed by atoms with Gasteiger partial charge >= 0.3 is 6.18 Å². The Morgan fingerprint density at radius 1 is 1.11 bits per heavy atom. The van der Waals surface area contributed by atoms with Crippen LogP contribution in [0.25, 0.3) is 0 Å². The molecule has 1 aromatic rings. The van der Waals surface area contributed by atoms with Gasteiger partial charge in [-0.2, -0.15) is 13.2 Å². The number of rotatable bonds is 2. The third-order valence-electron chi connectivity index (χ3n) is 3.11. The summed E-state index contributed by atoms with van der Waals surface area (Å²) in [5.41, 5.74) is 6.74. The highest BCUT2D eigenvalue weighted by atomic mass is 19.4. The molecule has 1 fully saturated rings. The number of hydrogen-bond acceptors (Lipinski definition) is 3. The van der Waals surface area contributed by atoms with Gasteiger partial charge in [-0.3, -0.25) is 4.90 Å². The zero-order chi connectivity index (χ0) is 14.0. The lowest BCUT2D eigenvalue weighted by Crippen LogP contribution is -2.49. The summed E-state index contributed by atoms with van der Waals surface area (Å²) in [5.74, 6) is -0.401. The maximum atomic E-state index is 13.2. The Bertz CT molecular complexity index is 439. The van der Waals surface area contributed by atoms with E-state index >= 15 is 0 Å². The third-order valence-corrected chi connectivity index (χ3v) is 3.11. The van der Waals surface area contributed by atoms with Crippen LogP contribution in [0.1, 0.15) is 0 Å². The third kappa shape index (κ3) is 3.73. The van der Waals surface area contributed by atoms with Crippen LogP contribution in [0.2, 0.25) is 0 Å². The average Bonchev–Trinajstić information content (AvgIpc) is 2.31. The zero-order valence-corrected chi connectivity index (χ0v) is 10.3. The van der Waals surface area contributed by atoms with E-state index in [1.165, 1.54) is 23.1 Å². The minimum atomic E-state index is -4.18.